The Morgan fingerprint density at radius 2 is 1.83 bits per heavy atom. The van der Waals surface area contributed by atoms with Crippen LogP contribution in [0.2, 0.25) is 0 Å². The predicted molar refractivity (Wildman–Crippen MR) is 115 cm³/mol. The number of morpholine rings is 2. The summed E-state index contributed by atoms with van der Waals surface area (Å²) in [6.07, 6.45) is 5.12. The van der Waals surface area contributed by atoms with E-state index in [2.05, 4.69) is 23.6 Å². The standard InChI is InChI=1S/C23H41N3O4/c1-18-13-26(14-19(2)30-18)22(27)15-24-7-5-20-12-21(25-8-10-29-11-9-25)4-6-23(20,16-24)17-28-3/h18-21H,4-17H2,1-3H3/t18-,19+,20-,21-,23+/m1/s1. The molecule has 1 aliphatic carbocycles. The highest BCUT2D eigenvalue weighted by molar-refractivity contribution is 5.78. The highest BCUT2D eigenvalue weighted by Crippen LogP contribution is 2.47. The number of amides is 1. The molecule has 30 heavy (non-hydrogen) atoms. The zero-order valence-corrected chi connectivity index (χ0v) is 19.2. The number of ether oxygens (including phenoxy) is 3. The lowest BCUT2D eigenvalue weighted by molar-refractivity contribution is -0.147. The lowest BCUT2D eigenvalue weighted by Crippen LogP contribution is -2.58. The summed E-state index contributed by atoms with van der Waals surface area (Å²) in [4.78, 5) is 20.1. The molecule has 4 aliphatic rings. The average molecular weight is 424 g/mol. The number of likely N-dealkylation sites (tertiary alicyclic amines) is 1. The van der Waals surface area contributed by atoms with Crippen molar-refractivity contribution in [2.24, 2.45) is 11.3 Å². The van der Waals surface area contributed by atoms with Crippen LogP contribution in [0.25, 0.3) is 0 Å². The van der Waals surface area contributed by atoms with Crippen LogP contribution in [0.5, 0.6) is 0 Å². The Morgan fingerprint density at radius 3 is 2.53 bits per heavy atom. The number of hydrogen-bond donors (Lipinski definition) is 0. The molecule has 1 amide bonds. The van der Waals surface area contributed by atoms with Gasteiger partial charge in [0.1, 0.15) is 0 Å². The fourth-order valence-corrected chi connectivity index (χ4v) is 6.45. The first-order chi connectivity index (χ1) is 14.5. The summed E-state index contributed by atoms with van der Waals surface area (Å²) in [5.41, 5.74) is 0.196. The third-order valence-electron chi connectivity index (χ3n) is 7.86. The molecule has 0 aromatic rings. The average Bonchev–Trinajstić information content (AvgIpc) is 2.73. The second-order valence-electron chi connectivity index (χ2n) is 10.1. The third-order valence-corrected chi connectivity index (χ3v) is 7.86. The predicted octanol–water partition coefficient (Wildman–Crippen LogP) is 1.46. The molecule has 1 saturated carbocycles. The van der Waals surface area contributed by atoms with E-state index in [4.69, 9.17) is 14.2 Å². The highest BCUT2D eigenvalue weighted by Gasteiger charge is 2.48. The van der Waals surface area contributed by atoms with Crippen molar-refractivity contribution in [1.29, 1.82) is 0 Å². The van der Waals surface area contributed by atoms with E-state index in [0.717, 1.165) is 46.0 Å². The monoisotopic (exact) mass is 423 g/mol. The molecule has 3 saturated heterocycles. The van der Waals surface area contributed by atoms with Gasteiger partial charge in [-0.1, -0.05) is 0 Å². The topological polar surface area (TPSA) is 54.5 Å². The highest BCUT2D eigenvalue weighted by atomic mass is 16.5. The molecule has 172 valence electrons. The summed E-state index contributed by atoms with van der Waals surface area (Å²) < 4.78 is 17.1. The number of hydrogen-bond acceptors (Lipinski definition) is 6. The van der Waals surface area contributed by atoms with Crippen LogP contribution >= 0.6 is 0 Å². The largest absolute Gasteiger partial charge is 0.384 e. The summed E-state index contributed by atoms with van der Waals surface area (Å²) in [7, 11) is 1.83. The minimum Gasteiger partial charge on any atom is -0.384 e. The van der Waals surface area contributed by atoms with Crippen LogP contribution < -0.4 is 0 Å². The normalized spacial score (nSPS) is 39.0. The van der Waals surface area contributed by atoms with Crippen LogP contribution in [0.15, 0.2) is 0 Å². The Morgan fingerprint density at radius 1 is 1.10 bits per heavy atom. The lowest BCUT2D eigenvalue weighted by Gasteiger charge is -2.54. The van der Waals surface area contributed by atoms with Crippen molar-refractivity contribution < 1.29 is 19.0 Å². The van der Waals surface area contributed by atoms with Gasteiger partial charge >= 0.3 is 0 Å². The maximum absolute atomic E-state index is 13.0. The van der Waals surface area contributed by atoms with Crippen LogP contribution in [0.3, 0.4) is 0 Å². The van der Waals surface area contributed by atoms with Gasteiger partial charge in [0.25, 0.3) is 0 Å². The smallest absolute Gasteiger partial charge is 0.236 e. The van der Waals surface area contributed by atoms with Crippen molar-refractivity contribution >= 4 is 5.91 Å². The number of rotatable bonds is 5. The maximum Gasteiger partial charge on any atom is 0.236 e. The molecule has 7 heteroatoms. The number of piperidine rings is 1. The number of fused-ring (bicyclic) bond motifs is 1. The fourth-order valence-electron chi connectivity index (χ4n) is 6.45. The maximum atomic E-state index is 13.0. The molecule has 3 heterocycles. The molecule has 4 fully saturated rings. The van der Waals surface area contributed by atoms with Crippen molar-refractivity contribution in [3.63, 3.8) is 0 Å². The van der Waals surface area contributed by atoms with Crippen LogP contribution in [0, 0.1) is 11.3 Å². The number of carbonyl (C=O) groups excluding carboxylic acids is 1. The van der Waals surface area contributed by atoms with Gasteiger partial charge in [0.2, 0.25) is 5.91 Å². The van der Waals surface area contributed by atoms with Crippen molar-refractivity contribution in [3.8, 4) is 0 Å². The van der Waals surface area contributed by atoms with Crippen LogP contribution in [-0.2, 0) is 19.0 Å². The fraction of sp³-hybridized carbons (Fsp3) is 0.957. The van der Waals surface area contributed by atoms with Crippen molar-refractivity contribution in [2.75, 3.05) is 72.7 Å². The molecule has 0 unspecified atom stereocenters. The van der Waals surface area contributed by atoms with E-state index < -0.39 is 0 Å². The molecule has 5 atom stereocenters. The molecule has 7 nitrogen and oxygen atoms in total. The first-order valence-corrected chi connectivity index (χ1v) is 12.0. The van der Waals surface area contributed by atoms with Crippen molar-refractivity contribution in [1.82, 2.24) is 14.7 Å². The van der Waals surface area contributed by atoms with Gasteiger partial charge < -0.3 is 19.1 Å². The van der Waals surface area contributed by atoms with E-state index in [1.54, 1.807) is 0 Å². The molecule has 0 radical (unpaired) electrons. The molecule has 0 spiro atoms. The third kappa shape index (κ3) is 5.01. The van der Waals surface area contributed by atoms with Gasteiger partial charge in [0.15, 0.2) is 0 Å². The van der Waals surface area contributed by atoms with Gasteiger partial charge in [0.05, 0.1) is 38.6 Å². The van der Waals surface area contributed by atoms with Gasteiger partial charge in [-0.15, -0.1) is 0 Å². The van der Waals surface area contributed by atoms with Gasteiger partial charge in [-0.2, -0.15) is 0 Å². The summed E-state index contributed by atoms with van der Waals surface area (Å²) in [6.45, 7) is 12.8. The first kappa shape index (κ1) is 22.5. The molecule has 4 rings (SSSR count). The minimum atomic E-state index is 0.124. The molecular weight excluding hydrogens is 382 g/mol. The molecule has 0 aromatic heterocycles. The van der Waals surface area contributed by atoms with Crippen LogP contribution in [-0.4, -0.2) is 112 Å². The SMILES string of the molecule is COC[C@@]12CC[C@@H](N3CCOCC3)C[C@H]1CCN(CC(=O)N1C[C@@H](C)O[C@@H](C)C1)C2. The zero-order valence-electron chi connectivity index (χ0n) is 19.2. The van der Waals surface area contributed by atoms with Gasteiger partial charge in [-0.3, -0.25) is 14.6 Å². The Labute approximate surface area is 182 Å². The summed E-state index contributed by atoms with van der Waals surface area (Å²) in [6, 6.07) is 0.688. The van der Waals surface area contributed by atoms with E-state index in [-0.39, 0.29) is 23.5 Å². The first-order valence-electron chi connectivity index (χ1n) is 12.0. The Hall–Kier alpha value is -0.730. The summed E-state index contributed by atoms with van der Waals surface area (Å²) in [5.74, 6) is 0.943. The second kappa shape index (κ2) is 9.82. The Kier molecular flexibility index (Phi) is 7.35. The quantitative estimate of drug-likeness (QED) is 0.667. The molecular formula is C23H41N3O4. The number of nitrogens with zero attached hydrogens (tertiary/aromatic N) is 3. The summed E-state index contributed by atoms with van der Waals surface area (Å²) in [5, 5.41) is 0. The Balaban J connectivity index is 1.36. The second-order valence-corrected chi connectivity index (χ2v) is 10.1. The lowest BCUT2D eigenvalue weighted by atomic mass is 9.62. The van der Waals surface area contributed by atoms with Crippen LogP contribution in [0.4, 0.5) is 0 Å². The van der Waals surface area contributed by atoms with E-state index in [1.807, 2.05) is 12.0 Å². The van der Waals surface area contributed by atoms with Gasteiger partial charge in [0, 0.05) is 51.3 Å². The Bertz CT molecular complexity index is 575. The minimum absolute atomic E-state index is 0.124. The number of methoxy groups -OCH3 is 1. The molecule has 0 bridgehead atoms. The van der Waals surface area contributed by atoms with E-state index in [0.29, 0.717) is 31.6 Å². The molecule has 0 N–H and O–H groups in total. The van der Waals surface area contributed by atoms with Gasteiger partial charge in [-0.05, 0) is 52.0 Å². The van der Waals surface area contributed by atoms with Crippen LogP contribution in [0.1, 0.15) is 39.5 Å². The van der Waals surface area contributed by atoms with Crippen molar-refractivity contribution in [3.05, 3.63) is 0 Å². The van der Waals surface area contributed by atoms with E-state index in [9.17, 15) is 4.79 Å². The van der Waals surface area contributed by atoms with Crippen molar-refractivity contribution in [2.45, 2.75) is 57.8 Å². The zero-order chi connectivity index (χ0) is 21.1. The van der Waals surface area contributed by atoms with E-state index >= 15 is 0 Å². The molecule has 0 aromatic carbocycles. The van der Waals surface area contributed by atoms with E-state index in [1.165, 1.54) is 25.7 Å². The summed E-state index contributed by atoms with van der Waals surface area (Å²) >= 11 is 0. The van der Waals surface area contributed by atoms with Gasteiger partial charge in [-0.25, -0.2) is 0 Å². The number of carbonyl (C=O) groups is 1. The molecule has 3 aliphatic heterocycles.